The molecule has 122 valence electrons. The smallest absolute Gasteiger partial charge is 0.315 e. The molecule has 4 nitrogen and oxygen atoms in total. The highest BCUT2D eigenvalue weighted by Gasteiger charge is 2.20. The molecule has 2 aliphatic rings. The van der Waals surface area contributed by atoms with E-state index in [1.54, 1.807) is 0 Å². The number of likely N-dealkylation sites (tertiary alicyclic amines) is 1. The van der Waals surface area contributed by atoms with E-state index in [9.17, 15) is 4.79 Å². The Morgan fingerprint density at radius 2 is 1.86 bits per heavy atom. The lowest BCUT2D eigenvalue weighted by atomic mass is 9.96. The third kappa shape index (κ3) is 5.85. The van der Waals surface area contributed by atoms with Crippen LogP contribution in [0.25, 0.3) is 0 Å². The fourth-order valence-corrected chi connectivity index (χ4v) is 3.78. The van der Waals surface area contributed by atoms with Crippen molar-refractivity contribution in [1.82, 2.24) is 15.5 Å². The predicted molar refractivity (Wildman–Crippen MR) is 87.5 cm³/mol. The van der Waals surface area contributed by atoms with Gasteiger partial charge in [0, 0.05) is 25.2 Å². The van der Waals surface area contributed by atoms with Gasteiger partial charge in [0.2, 0.25) is 0 Å². The minimum absolute atomic E-state index is 0.0348. The van der Waals surface area contributed by atoms with Gasteiger partial charge in [-0.15, -0.1) is 0 Å². The van der Waals surface area contributed by atoms with Gasteiger partial charge in [0.15, 0.2) is 0 Å². The monoisotopic (exact) mass is 295 g/mol. The van der Waals surface area contributed by atoms with E-state index in [1.807, 2.05) is 0 Å². The van der Waals surface area contributed by atoms with E-state index in [4.69, 9.17) is 0 Å². The van der Waals surface area contributed by atoms with E-state index in [0.29, 0.717) is 6.04 Å². The molecule has 4 heteroatoms. The van der Waals surface area contributed by atoms with Gasteiger partial charge in [0.25, 0.3) is 0 Å². The van der Waals surface area contributed by atoms with Crippen molar-refractivity contribution >= 4 is 6.03 Å². The van der Waals surface area contributed by atoms with Crippen LogP contribution in [0, 0.1) is 0 Å². The summed E-state index contributed by atoms with van der Waals surface area (Å²) in [6.07, 6.45) is 12.6. The number of nitrogens with one attached hydrogen (secondary N) is 2. The molecular weight excluding hydrogens is 262 g/mol. The molecule has 1 aliphatic carbocycles. The highest BCUT2D eigenvalue weighted by Crippen LogP contribution is 2.19. The lowest BCUT2D eigenvalue weighted by Crippen LogP contribution is -2.44. The SMILES string of the molecule is CC[C@@H]1CCCCN1CCCNC(=O)NC1CCCCC1. The van der Waals surface area contributed by atoms with Crippen molar-refractivity contribution in [2.24, 2.45) is 0 Å². The Labute approximate surface area is 130 Å². The van der Waals surface area contributed by atoms with Gasteiger partial charge >= 0.3 is 6.03 Å². The predicted octanol–water partition coefficient (Wildman–Crippen LogP) is 3.27. The third-order valence-electron chi connectivity index (χ3n) is 5.07. The zero-order valence-electron chi connectivity index (χ0n) is 13.7. The number of rotatable bonds is 6. The first kappa shape index (κ1) is 16.6. The number of carbonyl (C=O) groups excluding carboxylic acids is 1. The van der Waals surface area contributed by atoms with E-state index in [1.165, 1.54) is 51.5 Å². The van der Waals surface area contributed by atoms with Gasteiger partial charge in [-0.2, -0.15) is 0 Å². The summed E-state index contributed by atoms with van der Waals surface area (Å²) in [5.74, 6) is 0. The molecule has 2 amide bonds. The summed E-state index contributed by atoms with van der Waals surface area (Å²) in [4.78, 5) is 14.5. The van der Waals surface area contributed by atoms with Crippen LogP contribution in [-0.4, -0.2) is 42.6 Å². The number of hydrogen-bond donors (Lipinski definition) is 2. The Bertz CT molecular complexity index is 302. The van der Waals surface area contributed by atoms with Crippen molar-refractivity contribution in [3.8, 4) is 0 Å². The van der Waals surface area contributed by atoms with Gasteiger partial charge in [-0.25, -0.2) is 4.79 Å². The summed E-state index contributed by atoms with van der Waals surface area (Å²) in [7, 11) is 0. The molecule has 0 aromatic carbocycles. The van der Waals surface area contributed by atoms with Crippen LogP contribution in [0.5, 0.6) is 0 Å². The summed E-state index contributed by atoms with van der Waals surface area (Å²) >= 11 is 0. The lowest BCUT2D eigenvalue weighted by Gasteiger charge is -2.35. The Morgan fingerprint density at radius 3 is 2.62 bits per heavy atom. The first-order chi connectivity index (χ1) is 10.3. The highest BCUT2D eigenvalue weighted by atomic mass is 16.2. The van der Waals surface area contributed by atoms with Crippen molar-refractivity contribution in [3.63, 3.8) is 0 Å². The zero-order valence-corrected chi connectivity index (χ0v) is 13.7. The number of urea groups is 1. The summed E-state index contributed by atoms with van der Waals surface area (Å²) in [5.41, 5.74) is 0. The van der Waals surface area contributed by atoms with Crippen LogP contribution in [0.1, 0.15) is 71.1 Å². The third-order valence-corrected chi connectivity index (χ3v) is 5.07. The Hall–Kier alpha value is -0.770. The molecule has 1 saturated carbocycles. The molecule has 1 saturated heterocycles. The molecule has 0 aromatic rings. The van der Waals surface area contributed by atoms with Crippen LogP contribution < -0.4 is 10.6 Å². The average Bonchev–Trinajstić information content (AvgIpc) is 2.53. The molecule has 1 aliphatic heterocycles. The molecule has 1 atom stereocenters. The molecule has 2 rings (SSSR count). The minimum atomic E-state index is 0.0348. The van der Waals surface area contributed by atoms with Crippen molar-refractivity contribution in [3.05, 3.63) is 0 Å². The molecule has 1 heterocycles. The van der Waals surface area contributed by atoms with Gasteiger partial charge in [-0.05, 0) is 45.1 Å². The zero-order chi connectivity index (χ0) is 14.9. The van der Waals surface area contributed by atoms with Crippen LogP contribution in [0.4, 0.5) is 4.79 Å². The van der Waals surface area contributed by atoms with Gasteiger partial charge in [-0.1, -0.05) is 32.6 Å². The van der Waals surface area contributed by atoms with E-state index < -0.39 is 0 Å². The lowest BCUT2D eigenvalue weighted by molar-refractivity contribution is 0.142. The number of carbonyl (C=O) groups is 1. The Morgan fingerprint density at radius 1 is 1.10 bits per heavy atom. The van der Waals surface area contributed by atoms with Gasteiger partial charge in [0.1, 0.15) is 0 Å². The summed E-state index contributed by atoms with van der Waals surface area (Å²) in [5, 5.41) is 6.14. The maximum Gasteiger partial charge on any atom is 0.315 e. The maximum absolute atomic E-state index is 11.8. The van der Waals surface area contributed by atoms with Gasteiger partial charge in [0.05, 0.1) is 0 Å². The fourth-order valence-electron chi connectivity index (χ4n) is 3.78. The molecule has 0 unspecified atom stereocenters. The van der Waals surface area contributed by atoms with Crippen molar-refractivity contribution in [1.29, 1.82) is 0 Å². The second-order valence-corrected chi connectivity index (χ2v) is 6.68. The maximum atomic E-state index is 11.8. The van der Waals surface area contributed by atoms with Crippen LogP contribution in [-0.2, 0) is 0 Å². The topological polar surface area (TPSA) is 44.4 Å². The van der Waals surface area contributed by atoms with Crippen LogP contribution in [0.3, 0.4) is 0 Å². The fraction of sp³-hybridized carbons (Fsp3) is 0.941. The molecule has 2 N–H and O–H groups in total. The van der Waals surface area contributed by atoms with Crippen molar-refractivity contribution in [2.75, 3.05) is 19.6 Å². The molecule has 21 heavy (non-hydrogen) atoms. The molecule has 0 bridgehead atoms. The molecule has 0 aromatic heterocycles. The first-order valence-electron chi connectivity index (χ1n) is 9.08. The van der Waals surface area contributed by atoms with Gasteiger partial charge < -0.3 is 15.5 Å². The normalized spacial score (nSPS) is 24.7. The van der Waals surface area contributed by atoms with E-state index >= 15 is 0 Å². The second kappa shape index (κ2) is 9.29. The van der Waals surface area contributed by atoms with E-state index in [2.05, 4.69) is 22.5 Å². The standard InChI is InChI=1S/C17H33N3O/c1-2-16-11-6-7-13-20(16)14-8-12-18-17(21)19-15-9-4-3-5-10-15/h15-16H,2-14H2,1H3,(H2,18,19,21)/t16-/m1/s1. The molecule has 2 fully saturated rings. The van der Waals surface area contributed by atoms with E-state index in [-0.39, 0.29) is 6.03 Å². The Kier molecular flexibility index (Phi) is 7.34. The number of amides is 2. The summed E-state index contributed by atoms with van der Waals surface area (Å²) < 4.78 is 0. The molecule has 0 spiro atoms. The number of piperidine rings is 1. The van der Waals surface area contributed by atoms with Gasteiger partial charge in [-0.3, -0.25) is 0 Å². The van der Waals surface area contributed by atoms with E-state index in [0.717, 1.165) is 38.4 Å². The minimum Gasteiger partial charge on any atom is -0.338 e. The van der Waals surface area contributed by atoms with Crippen LogP contribution in [0.2, 0.25) is 0 Å². The van der Waals surface area contributed by atoms with Crippen LogP contribution >= 0.6 is 0 Å². The van der Waals surface area contributed by atoms with Crippen LogP contribution in [0.15, 0.2) is 0 Å². The molecule has 0 radical (unpaired) electrons. The number of nitrogens with zero attached hydrogens (tertiary/aromatic N) is 1. The average molecular weight is 295 g/mol. The summed E-state index contributed by atoms with van der Waals surface area (Å²) in [6.45, 7) is 5.46. The highest BCUT2D eigenvalue weighted by molar-refractivity contribution is 5.74. The summed E-state index contributed by atoms with van der Waals surface area (Å²) in [6, 6.07) is 1.22. The second-order valence-electron chi connectivity index (χ2n) is 6.68. The largest absolute Gasteiger partial charge is 0.338 e. The quantitative estimate of drug-likeness (QED) is 0.739. The Balaban J connectivity index is 1.55. The first-order valence-corrected chi connectivity index (χ1v) is 9.08. The van der Waals surface area contributed by atoms with Crippen molar-refractivity contribution in [2.45, 2.75) is 83.2 Å². The number of hydrogen-bond acceptors (Lipinski definition) is 2. The van der Waals surface area contributed by atoms with Crippen molar-refractivity contribution < 1.29 is 4.79 Å². The molecular formula is C17H33N3O.